The van der Waals surface area contributed by atoms with Crippen molar-refractivity contribution in [2.45, 2.75) is 39.3 Å². The van der Waals surface area contributed by atoms with Gasteiger partial charge in [-0.2, -0.15) is 0 Å². The second-order valence-corrected chi connectivity index (χ2v) is 10.4. The fourth-order valence-electron chi connectivity index (χ4n) is 5.21. The van der Waals surface area contributed by atoms with Gasteiger partial charge in [0.05, 0.1) is 17.8 Å². The molecule has 1 amide bonds. The number of aryl methyl sites for hydroxylation is 2. The number of thiocarbonyl (C=S) groups is 1. The third kappa shape index (κ3) is 5.17. The number of halogens is 1. The van der Waals surface area contributed by atoms with E-state index in [1.54, 1.807) is 6.20 Å². The molecule has 2 unspecified atom stereocenters. The zero-order valence-corrected chi connectivity index (χ0v) is 23.2. The molecule has 8 heteroatoms. The number of hydrogen-bond donors (Lipinski definition) is 2. The summed E-state index contributed by atoms with van der Waals surface area (Å²) < 4.78 is 2.23. The molecule has 1 aliphatic heterocycles. The maximum absolute atomic E-state index is 12.9. The van der Waals surface area contributed by atoms with E-state index in [1.807, 2.05) is 73.7 Å². The summed E-state index contributed by atoms with van der Waals surface area (Å²) in [5.74, 6) is -0.0474. The number of para-hydroxylation sites is 1. The monoisotopic (exact) mass is 543 g/mol. The molecule has 3 heterocycles. The zero-order valence-electron chi connectivity index (χ0n) is 21.6. The minimum absolute atomic E-state index is 0.0474. The maximum Gasteiger partial charge on any atom is 0.226 e. The molecule has 4 aromatic rings. The van der Waals surface area contributed by atoms with Crippen molar-refractivity contribution in [1.82, 2.24) is 19.8 Å². The fraction of sp³-hybridized carbons (Fsp3) is 0.233. The topological polar surface area (TPSA) is 62.2 Å². The number of anilines is 1. The highest BCUT2D eigenvalue weighted by atomic mass is 35.5. The Hall–Kier alpha value is -3.68. The van der Waals surface area contributed by atoms with Gasteiger partial charge in [0, 0.05) is 46.9 Å². The van der Waals surface area contributed by atoms with Crippen molar-refractivity contribution in [1.29, 1.82) is 0 Å². The van der Waals surface area contributed by atoms with Crippen LogP contribution in [0.4, 0.5) is 5.69 Å². The number of pyridine rings is 1. The van der Waals surface area contributed by atoms with E-state index in [0.717, 1.165) is 39.6 Å². The third-order valence-electron chi connectivity index (χ3n) is 7.07. The summed E-state index contributed by atoms with van der Waals surface area (Å²) in [6.45, 7) is 6.68. The van der Waals surface area contributed by atoms with Crippen LogP contribution < -0.4 is 10.6 Å². The first-order valence-electron chi connectivity index (χ1n) is 12.6. The highest BCUT2D eigenvalue weighted by Gasteiger charge is 2.41. The molecule has 0 spiro atoms. The van der Waals surface area contributed by atoms with Crippen molar-refractivity contribution in [2.24, 2.45) is 0 Å². The summed E-state index contributed by atoms with van der Waals surface area (Å²) in [5, 5.41) is 7.85. The van der Waals surface area contributed by atoms with Crippen LogP contribution in [0.5, 0.6) is 0 Å². The molecule has 2 atom stereocenters. The van der Waals surface area contributed by atoms with Crippen molar-refractivity contribution in [2.75, 3.05) is 11.9 Å². The van der Waals surface area contributed by atoms with Gasteiger partial charge >= 0.3 is 0 Å². The molecule has 194 valence electrons. The number of rotatable bonds is 7. The van der Waals surface area contributed by atoms with Gasteiger partial charge in [-0.05, 0) is 92.6 Å². The summed E-state index contributed by atoms with van der Waals surface area (Å²) in [6, 6.07) is 23.5. The zero-order chi connectivity index (χ0) is 26.8. The van der Waals surface area contributed by atoms with E-state index < -0.39 is 0 Å². The molecule has 0 bridgehead atoms. The van der Waals surface area contributed by atoms with E-state index in [1.165, 1.54) is 0 Å². The highest BCUT2D eigenvalue weighted by molar-refractivity contribution is 7.80. The SMILES string of the molecule is Cc1ccccc1NC(=O)CCN1C(=S)NC(c2ccccn2)C1c1cc(C)n(-c2ccc(Cl)cc2)c1C. The highest BCUT2D eigenvalue weighted by Crippen LogP contribution is 2.41. The Bertz CT molecular complexity index is 1470. The molecule has 6 nitrogen and oxygen atoms in total. The van der Waals surface area contributed by atoms with E-state index in [4.69, 9.17) is 23.8 Å². The summed E-state index contributed by atoms with van der Waals surface area (Å²) >= 11 is 12.0. The fourth-order valence-corrected chi connectivity index (χ4v) is 5.67. The molecular weight excluding hydrogens is 514 g/mol. The van der Waals surface area contributed by atoms with Gasteiger partial charge in [0.15, 0.2) is 5.11 Å². The number of hydrogen-bond acceptors (Lipinski definition) is 3. The molecule has 2 N–H and O–H groups in total. The van der Waals surface area contributed by atoms with Crippen LogP contribution >= 0.6 is 23.8 Å². The van der Waals surface area contributed by atoms with Crippen LogP contribution in [-0.4, -0.2) is 32.0 Å². The average molecular weight is 544 g/mol. The van der Waals surface area contributed by atoms with Gasteiger partial charge in [-0.25, -0.2) is 0 Å². The van der Waals surface area contributed by atoms with Gasteiger partial charge in [0.25, 0.3) is 0 Å². The van der Waals surface area contributed by atoms with E-state index in [2.05, 4.69) is 45.0 Å². The summed E-state index contributed by atoms with van der Waals surface area (Å²) in [7, 11) is 0. The smallest absolute Gasteiger partial charge is 0.226 e. The Labute approximate surface area is 233 Å². The van der Waals surface area contributed by atoms with Gasteiger partial charge in [0.2, 0.25) is 5.91 Å². The van der Waals surface area contributed by atoms with Crippen LogP contribution in [0, 0.1) is 20.8 Å². The van der Waals surface area contributed by atoms with E-state index in [9.17, 15) is 4.79 Å². The first-order valence-corrected chi connectivity index (χ1v) is 13.4. The van der Waals surface area contributed by atoms with Crippen molar-refractivity contribution in [3.8, 4) is 5.69 Å². The van der Waals surface area contributed by atoms with Gasteiger partial charge < -0.3 is 20.1 Å². The summed E-state index contributed by atoms with van der Waals surface area (Å²) in [6.07, 6.45) is 2.10. The van der Waals surface area contributed by atoms with Crippen LogP contribution in [0.3, 0.4) is 0 Å². The second kappa shape index (κ2) is 11.0. The van der Waals surface area contributed by atoms with Gasteiger partial charge in [-0.1, -0.05) is 35.9 Å². The van der Waals surface area contributed by atoms with Crippen LogP contribution in [0.2, 0.25) is 5.02 Å². The number of carbonyl (C=O) groups excluding carboxylic acids is 1. The Morgan fingerprint density at radius 3 is 2.50 bits per heavy atom. The lowest BCUT2D eigenvalue weighted by molar-refractivity contribution is -0.116. The number of carbonyl (C=O) groups is 1. The number of benzene rings is 2. The number of nitrogens with one attached hydrogen (secondary N) is 2. The molecule has 1 aliphatic rings. The maximum atomic E-state index is 12.9. The van der Waals surface area contributed by atoms with Crippen LogP contribution in [0.1, 0.15) is 46.7 Å². The molecular formula is C30H30ClN5OS. The Morgan fingerprint density at radius 1 is 1.05 bits per heavy atom. The lowest BCUT2D eigenvalue weighted by Crippen LogP contribution is -2.33. The first kappa shape index (κ1) is 25.9. The normalized spacial score (nSPS) is 16.9. The van der Waals surface area contributed by atoms with Crippen molar-refractivity contribution < 1.29 is 4.79 Å². The number of nitrogens with zero attached hydrogens (tertiary/aromatic N) is 3. The second-order valence-electron chi connectivity index (χ2n) is 9.57. The number of aromatic nitrogens is 2. The van der Waals surface area contributed by atoms with Gasteiger partial charge in [0.1, 0.15) is 0 Å². The minimum Gasteiger partial charge on any atom is -0.352 e. The van der Waals surface area contributed by atoms with Crippen molar-refractivity contribution in [3.05, 3.63) is 112 Å². The van der Waals surface area contributed by atoms with E-state index in [0.29, 0.717) is 23.1 Å². The van der Waals surface area contributed by atoms with E-state index >= 15 is 0 Å². The molecule has 1 fully saturated rings. The predicted octanol–water partition coefficient (Wildman–Crippen LogP) is 6.45. The van der Waals surface area contributed by atoms with Crippen molar-refractivity contribution >= 4 is 40.5 Å². The number of amides is 1. The molecule has 5 rings (SSSR count). The molecule has 38 heavy (non-hydrogen) atoms. The standard InChI is InChI=1S/C30H30ClN5OS/c1-19-8-4-5-9-25(19)33-27(37)15-17-35-29(28(34-30(35)38)26-10-6-7-16-32-26)24-18-20(2)36(21(24)3)23-13-11-22(31)12-14-23/h4-14,16,18,28-29H,15,17H2,1-3H3,(H,33,37)(H,34,38). The quantitative estimate of drug-likeness (QED) is 0.262. The lowest BCUT2D eigenvalue weighted by Gasteiger charge is -2.28. The third-order valence-corrected chi connectivity index (χ3v) is 7.67. The predicted molar refractivity (Wildman–Crippen MR) is 157 cm³/mol. The molecule has 0 saturated carbocycles. The molecule has 2 aromatic carbocycles. The first-order chi connectivity index (χ1) is 18.3. The van der Waals surface area contributed by atoms with Crippen molar-refractivity contribution in [3.63, 3.8) is 0 Å². The molecule has 2 aromatic heterocycles. The Morgan fingerprint density at radius 2 is 1.79 bits per heavy atom. The van der Waals surface area contributed by atoms with Crippen LogP contribution in [0.15, 0.2) is 79.0 Å². The Balaban J connectivity index is 1.47. The lowest BCUT2D eigenvalue weighted by atomic mass is 9.96. The summed E-state index contributed by atoms with van der Waals surface area (Å²) in [5.41, 5.74) is 7.16. The molecule has 0 radical (unpaired) electrons. The van der Waals surface area contributed by atoms with Crippen LogP contribution in [0.25, 0.3) is 5.69 Å². The van der Waals surface area contributed by atoms with Gasteiger partial charge in [-0.15, -0.1) is 0 Å². The molecule has 0 aliphatic carbocycles. The summed E-state index contributed by atoms with van der Waals surface area (Å²) in [4.78, 5) is 19.7. The molecule has 1 saturated heterocycles. The van der Waals surface area contributed by atoms with E-state index in [-0.39, 0.29) is 18.0 Å². The average Bonchev–Trinajstić information content (AvgIpc) is 3.39. The largest absolute Gasteiger partial charge is 0.352 e. The Kier molecular flexibility index (Phi) is 7.49. The minimum atomic E-state index is -0.151. The van der Waals surface area contributed by atoms with Crippen LogP contribution in [-0.2, 0) is 4.79 Å². The van der Waals surface area contributed by atoms with Gasteiger partial charge in [-0.3, -0.25) is 9.78 Å².